The van der Waals surface area contributed by atoms with Gasteiger partial charge in [0.1, 0.15) is 5.65 Å². The van der Waals surface area contributed by atoms with Gasteiger partial charge in [-0.15, -0.1) is 0 Å². The van der Waals surface area contributed by atoms with Crippen LogP contribution in [0, 0.1) is 0 Å². The summed E-state index contributed by atoms with van der Waals surface area (Å²) in [5.41, 5.74) is 1.21. The molecule has 2 heterocycles. The van der Waals surface area contributed by atoms with Crippen molar-refractivity contribution in [2.75, 3.05) is 0 Å². The van der Waals surface area contributed by atoms with E-state index in [4.69, 9.17) is 0 Å². The van der Waals surface area contributed by atoms with Gasteiger partial charge in [0.15, 0.2) is 0 Å². The number of H-pyrrole nitrogens is 1. The lowest BCUT2D eigenvalue weighted by atomic mass is 9.97. The standard InChI is InChI=1S/C18H13N3O2/c1-21-16-15(17(22)20-18(21)23)14(9-10-19-16)13-8-4-6-11-5-2-3-7-12(11)13/h2-10H,1H3,(H,20,22,23). The molecule has 0 bridgehead atoms. The van der Waals surface area contributed by atoms with Gasteiger partial charge in [-0.1, -0.05) is 42.5 Å². The second-order valence-corrected chi connectivity index (χ2v) is 5.40. The zero-order chi connectivity index (χ0) is 16.0. The van der Waals surface area contributed by atoms with Crippen LogP contribution in [0.1, 0.15) is 0 Å². The van der Waals surface area contributed by atoms with E-state index < -0.39 is 11.2 Å². The SMILES string of the molecule is Cn1c(=O)[nH]c(=O)c2c(-c3cccc4ccccc34)ccnc21. The van der Waals surface area contributed by atoms with Crippen LogP contribution in [0.2, 0.25) is 0 Å². The lowest BCUT2D eigenvalue weighted by molar-refractivity contribution is 0.829. The summed E-state index contributed by atoms with van der Waals surface area (Å²) in [5, 5.41) is 2.57. The highest BCUT2D eigenvalue weighted by atomic mass is 16.2. The quantitative estimate of drug-likeness (QED) is 0.587. The van der Waals surface area contributed by atoms with Crippen LogP contribution in [0.25, 0.3) is 32.9 Å². The minimum atomic E-state index is -0.468. The number of pyridine rings is 1. The topological polar surface area (TPSA) is 67.8 Å². The minimum Gasteiger partial charge on any atom is -0.281 e. The van der Waals surface area contributed by atoms with Gasteiger partial charge in [0, 0.05) is 18.8 Å². The molecule has 0 saturated heterocycles. The summed E-state index contributed by atoms with van der Waals surface area (Å²) >= 11 is 0. The van der Waals surface area contributed by atoms with Crippen LogP contribution in [-0.2, 0) is 7.05 Å². The first-order valence-corrected chi connectivity index (χ1v) is 7.23. The van der Waals surface area contributed by atoms with Crippen molar-refractivity contribution in [2.24, 2.45) is 7.05 Å². The van der Waals surface area contributed by atoms with Gasteiger partial charge in [-0.3, -0.25) is 14.3 Å². The van der Waals surface area contributed by atoms with E-state index in [2.05, 4.69) is 9.97 Å². The van der Waals surface area contributed by atoms with Gasteiger partial charge in [0.25, 0.3) is 5.56 Å². The minimum absolute atomic E-state index is 0.379. The van der Waals surface area contributed by atoms with E-state index >= 15 is 0 Å². The normalized spacial score (nSPS) is 11.2. The number of aromatic amines is 1. The van der Waals surface area contributed by atoms with Crippen molar-refractivity contribution in [3.63, 3.8) is 0 Å². The molecule has 5 nitrogen and oxygen atoms in total. The largest absolute Gasteiger partial charge is 0.329 e. The first-order chi connectivity index (χ1) is 11.2. The molecule has 0 aliphatic carbocycles. The maximum absolute atomic E-state index is 12.4. The smallest absolute Gasteiger partial charge is 0.281 e. The van der Waals surface area contributed by atoms with E-state index in [-0.39, 0.29) is 0 Å². The Morgan fingerprint density at radius 1 is 0.957 bits per heavy atom. The van der Waals surface area contributed by atoms with Gasteiger partial charge in [0.05, 0.1) is 5.39 Å². The summed E-state index contributed by atoms with van der Waals surface area (Å²) < 4.78 is 1.35. The van der Waals surface area contributed by atoms with Crippen LogP contribution in [0.15, 0.2) is 64.3 Å². The number of hydrogen-bond acceptors (Lipinski definition) is 3. The molecule has 5 heteroatoms. The second kappa shape index (κ2) is 4.91. The molecule has 4 aromatic rings. The van der Waals surface area contributed by atoms with E-state index in [1.54, 1.807) is 13.2 Å². The molecule has 0 spiro atoms. The maximum Gasteiger partial charge on any atom is 0.329 e. The molecule has 0 aliphatic heterocycles. The molecular weight excluding hydrogens is 290 g/mol. The van der Waals surface area contributed by atoms with E-state index in [1.165, 1.54) is 4.57 Å². The van der Waals surface area contributed by atoms with E-state index in [1.807, 2.05) is 48.5 Å². The van der Waals surface area contributed by atoms with Crippen molar-refractivity contribution < 1.29 is 0 Å². The van der Waals surface area contributed by atoms with Crippen molar-refractivity contribution in [2.45, 2.75) is 0 Å². The summed E-state index contributed by atoms with van der Waals surface area (Å²) in [6.07, 6.45) is 1.62. The highest BCUT2D eigenvalue weighted by Crippen LogP contribution is 2.31. The third kappa shape index (κ3) is 1.97. The van der Waals surface area contributed by atoms with Crippen molar-refractivity contribution in [1.29, 1.82) is 0 Å². The zero-order valence-electron chi connectivity index (χ0n) is 12.4. The highest BCUT2D eigenvalue weighted by Gasteiger charge is 2.13. The monoisotopic (exact) mass is 303 g/mol. The van der Waals surface area contributed by atoms with Crippen LogP contribution in [0.4, 0.5) is 0 Å². The van der Waals surface area contributed by atoms with Gasteiger partial charge in [-0.25, -0.2) is 9.78 Å². The highest BCUT2D eigenvalue weighted by molar-refractivity contribution is 6.03. The fourth-order valence-electron chi connectivity index (χ4n) is 2.95. The van der Waals surface area contributed by atoms with E-state index in [0.29, 0.717) is 11.0 Å². The first-order valence-electron chi connectivity index (χ1n) is 7.23. The molecule has 0 fully saturated rings. The molecular formula is C18H13N3O2. The molecule has 4 rings (SSSR count). The maximum atomic E-state index is 12.4. The Labute approximate surface area is 130 Å². The van der Waals surface area contributed by atoms with Crippen molar-refractivity contribution >= 4 is 21.8 Å². The molecule has 2 aromatic heterocycles. The predicted octanol–water partition coefficient (Wildman–Crippen LogP) is 2.44. The van der Waals surface area contributed by atoms with Crippen molar-refractivity contribution in [3.8, 4) is 11.1 Å². The predicted molar refractivity (Wildman–Crippen MR) is 90.5 cm³/mol. The van der Waals surface area contributed by atoms with Crippen molar-refractivity contribution in [1.82, 2.24) is 14.5 Å². The van der Waals surface area contributed by atoms with E-state index in [9.17, 15) is 9.59 Å². The molecule has 1 N–H and O–H groups in total. The summed E-state index contributed by atoms with van der Waals surface area (Å²) in [6.45, 7) is 0. The lowest BCUT2D eigenvalue weighted by Crippen LogP contribution is -2.29. The molecule has 2 aromatic carbocycles. The molecule has 0 amide bonds. The molecule has 0 aliphatic rings. The van der Waals surface area contributed by atoms with Crippen LogP contribution in [0.3, 0.4) is 0 Å². The Bertz CT molecular complexity index is 1170. The van der Waals surface area contributed by atoms with Gasteiger partial charge in [0.2, 0.25) is 0 Å². The van der Waals surface area contributed by atoms with Crippen LogP contribution in [0.5, 0.6) is 0 Å². The third-order valence-electron chi connectivity index (χ3n) is 4.08. The summed E-state index contributed by atoms with van der Waals surface area (Å²) in [5.74, 6) is 0. The summed E-state index contributed by atoms with van der Waals surface area (Å²) in [4.78, 5) is 30.7. The number of hydrogen-bond donors (Lipinski definition) is 1. The molecule has 23 heavy (non-hydrogen) atoms. The Morgan fingerprint density at radius 3 is 2.61 bits per heavy atom. The molecule has 0 saturated carbocycles. The van der Waals surface area contributed by atoms with Crippen LogP contribution < -0.4 is 11.2 Å². The van der Waals surface area contributed by atoms with Crippen LogP contribution in [-0.4, -0.2) is 14.5 Å². The number of aromatic nitrogens is 3. The fraction of sp³-hybridized carbons (Fsp3) is 0.0556. The number of fused-ring (bicyclic) bond motifs is 2. The summed E-state index contributed by atoms with van der Waals surface area (Å²) in [6, 6.07) is 15.8. The fourth-order valence-corrected chi connectivity index (χ4v) is 2.95. The van der Waals surface area contributed by atoms with Crippen molar-refractivity contribution in [3.05, 3.63) is 75.6 Å². The Balaban J connectivity index is 2.20. The number of rotatable bonds is 1. The average molecular weight is 303 g/mol. The second-order valence-electron chi connectivity index (χ2n) is 5.40. The van der Waals surface area contributed by atoms with Crippen LogP contribution >= 0.6 is 0 Å². The molecule has 0 atom stereocenters. The van der Waals surface area contributed by atoms with Gasteiger partial charge in [-0.2, -0.15) is 0 Å². The lowest BCUT2D eigenvalue weighted by Gasteiger charge is -2.10. The summed E-state index contributed by atoms with van der Waals surface area (Å²) in [7, 11) is 1.60. The number of nitrogens with one attached hydrogen (secondary N) is 1. The zero-order valence-corrected chi connectivity index (χ0v) is 12.4. The molecule has 112 valence electrons. The number of aryl methyl sites for hydroxylation is 1. The van der Waals surface area contributed by atoms with Gasteiger partial charge in [-0.05, 0) is 22.4 Å². The Morgan fingerprint density at radius 2 is 1.74 bits per heavy atom. The first kappa shape index (κ1) is 13.5. The number of nitrogens with zero attached hydrogens (tertiary/aromatic N) is 2. The van der Waals surface area contributed by atoms with Gasteiger partial charge >= 0.3 is 5.69 Å². The Hall–Kier alpha value is -3.21. The Kier molecular flexibility index (Phi) is 2.87. The number of benzene rings is 2. The molecule has 0 unspecified atom stereocenters. The third-order valence-corrected chi connectivity index (χ3v) is 4.08. The van der Waals surface area contributed by atoms with Gasteiger partial charge < -0.3 is 0 Å². The molecule has 0 radical (unpaired) electrons. The van der Waals surface area contributed by atoms with E-state index in [0.717, 1.165) is 21.9 Å². The average Bonchev–Trinajstić information content (AvgIpc) is 2.58.